The number of pyridine rings is 1. The minimum Gasteiger partial charge on any atom is -0.378 e. The third kappa shape index (κ3) is 3.98. The normalized spacial score (nSPS) is 14.1. The number of hydrogen-bond acceptors (Lipinski definition) is 4. The van der Waals surface area contributed by atoms with E-state index in [9.17, 15) is 9.59 Å². The highest BCUT2D eigenvalue weighted by Crippen LogP contribution is 2.23. The number of aryl methyl sites for hydroxylation is 2. The number of morpholine rings is 1. The van der Waals surface area contributed by atoms with Crippen LogP contribution in [0.2, 0.25) is 0 Å². The molecule has 2 amide bonds. The van der Waals surface area contributed by atoms with Crippen LogP contribution in [-0.4, -0.2) is 48.0 Å². The zero-order valence-electron chi connectivity index (χ0n) is 16.6. The molecule has 3 aromatic rings. The van der Waals surface area contributed by atoms with E-state index in [4.69, 9.17) is 4.74 Å². The second kappa shape index (κ2) is 8.01. The van der Waals surface area contributed by atoms with Gasteiger partial charge in [0, 0.05) is 24.2 Å². The maximum atomic E-state index is 13.2. The van der Waals surface area contributed by atoms with Crippen LogP contribution in [0.25, 0.3) is 10.9 Å². The average molecular weight is 389 g/mol. The van der Waals surface area contributed by atoms with Gasteiger partial charge in [-0.05, 0) is 44.2 Å². The highest BCUT2D eigenvalue weighted by molar-refractivity contribution is 6.14. The summed E-state index contributed by atoms with van der Waals surface area (Å²) < 4.78 is 5.33. The van der Waals surface area contributed by atoms with Crippen LogP contribution in [0.5, 0.6) is 0 Å². The fourth-order valence-electron chi connectivity index (χ4n) is 3.56. The SMILES string of the molecule is Cc1ccc2nc(C)cc(C(=O)Nc3ccccc3C(=O)N3CCOCC3)c2c1. The quantitative estimate of drug-likeness (QED) is 0.743. The summed E-state index contributed by atoms with van der Waals surface area (Å²) in [5, 5.41) is 3.74. The summed E-state index contributed by atoms with van der Waals surface area (Å²) >= 11 is 0. The summed E-state index contributed by atoms with van der Waals surface area (Å²) in [6.45, 7) is 6.01. The van der Waals surface area contributed by atoms with E-state index in [1.807, 2.05) is 38.1 Å². The number of fused-ring (bicyclic) bond motifs is 1. The van der Waals surface area contributed by atoms with Crippen LogP contribution in [0, 0.1) is 13.8 Å². The number of para-hydroxylation sites is 1. The molecular formula is C23H23N3O3. The smallest absolute Gasteiger partial charge is 0.256 e. The average Bonchev–Trinajstić information content (AvgIpc) is 2.74. The maximum absolute atomic E-state index is 13.2. The highest BCUT2D eigenvalue weighted by Gasteiger charge is 2.22. The number of rotatable bonds is 3. The Bertz CT molecular complexity index is 1090. The number of hydrogen-bond donors (Lipinski definition) is 1. The number of anilines is 1. The minimum atomic E-state index is -0.256. The fourth-order valence-corrected chi connectivity index (χ4v) is 3.56. The van der Waals surface area contributed by atoms with E-state index in [0.717, 1.165) is 22.2 Å². The summed E-state index contributed by atoms with van der Waals surface area (Å²) in [4.78, 5) is 32.4. The lowest BCUT2D eigenvalue weighted by Gasteiger charge is -2.27. The van der Waals surface area contributed by atoms with Gasteiger partial charge in [-0.15, -0.1) is 0 Å². The number of carbonyl (C=O) groups is 2. The Balaban J connectivity index is 1.67. The molecule has 0 saturated carbocycles. The Morgan fingerprint density at radius 2 is 1.76 bits per heavy atom. The van der Waals surface area contributed by atoms with E-state index in [1.165, 1.54) is 0 Å². The lowest BCUT2D eigenvalue weighted by Crippen LogP contribution is -2.41. The number of benzene rings is 2. The number of nitrogens with one attached hydrogen (secondary N) is 1. The molecule has 1 N–H and O–H groups in total. The highest BCUT2D eigenvalue weighted by atomic mass is 16.5. The topological polar surface area (TPSA) is 71.5 Å². The van der Waals surface area contributed by atoms with Crippen molar-refractivity contribution < 1.29 is 14.3 Å². The van der Waals surface area contributed by atoms with E-state index in [1.54, 1.807) is 29.2 Å². The standard InChI is InChI=1S/C23H23N3O3/c1-15-7-8-21-18(13-15)19(14-16(2)24-21)22(27)25-20-6-4-3-5-17(20)23(28)26-9-11-29-12-10-26/h3-8,13-14H,9-12H2,1-2H3,(H,25,27). The number of nitrogens with zero attached hydrogens (tertiary/aromatic N) is 2. The molecule has 29 heavy (non-hydrogen) atoms. The Kier molecular flexibility index (Phi) is 5.27. The molecule has 148 valence electrons. The molecule has 0 unspecified atom stereocenters. The van der Waals surface area contributed by atoms with Gasteiger partial charge in [-0.3, -0.25) is 14.6 Å². The molecule has 0 atom stereocenters. The molecule has 2 aromatic carbocycles. The van der Waals surface area contributed by atoms with Gasteiger partial charge >= 0.3 is 0 Å². The van der Waals surface area contributed by atoms with Gasteiger partial charge in [0.05, 0.1) is 35.5 Å². The van der Waals surface area contributed by atoms with E-state index in [2.05, 4.69) is 10.3 Å². The first kappa shape index (κ1) is 19.1. The van der Waals surface area contributed by atoms with Crippen molar-refractivity contribution in [2.24, 2.45) is 0 Å². The van der Waals surface area contributed by atoms with Gasteiger partial charge in [0.15, 0.2) is 0 Å². The van der Waals surface area contributed by atoms with Crippen LogP contribution in [0.3, 0.4) is 0 Å². The molecule has 1 fully saturated rings. The first-order valence-corrected chi connectivity index (χ1v) is 9.68. The molecular weight excluding hydrogens is 366 g/mol. The Morgan fingerprint density at radius 1 is 1.00 bits per heavy atom. The van der Waals surface area contributed by atoms with Crippen LogP contribution in [-0.2, 0) is 4.74 Å². The summed E-state index contributed by atoms with van der Waals surface area (Å²) in [6, 6.07) is 14.8. The van der Waals surface area contributed by atoms with Crippen molar-refractivity contribution in [2.45, 2.75) is 13.8 Å². The Morgan fingerprint density at radius 3 is 2.55 bits per heavy atom. The van der Waals surface area contributed by atoms with Gasteiger partial charge in [0.2, 0.25) is 0 Å². The molecule has 1 aromatic heterocycles. The minimum absolute atomic E-state index is 0.101. The van der Waals surface area contributed by atoms with Crippen molar-refractivity contribution >= 4 is 28.4 Å². The third-order valence-electron chi connectivity index (χ3n) is 5.04. The van der Waals surface area contributed by atoms with Gasteiger partial charge in [-0.25, -0.2) is 0 Å². The van der Waals surface area contributed by atoms with Crippen LogP contribution >= 0.6 is 0 Å². The van der Waals surface area contributed by atoms with Gasteiger partial charge < -0.3 is 15.0 Å². The summed E-state index contributed by atoms with van der Waals surface area (Å²) in [5.74, 6) is -0.357. The summed E-state index contributed by atoms with van der Waals surface area (Å²) in [6.07, 6.45) is 0. The van der Waals surface area contributed by atoms with Crippen molar-refractivity contribution in [3.05, 3.63) is 70.9 Å². The molecule has 1 aliphatic rings. The van der Waals surface area contributed by atoms with Gasteiger partial charge in [0.25, 0.3) is 11.8 Å². The Hall–Kier alpha value is -3.25. The molecule has 1 aliphatic heterocycles. The monoisotopic (exact) mass is 389 g/mol. The van der Waals surface area contributed by atoms with E-state index in [0.29, 0.717) is 43.1 Å². The zero-order chi connectivity index (χ0) is 20.4. The predicted octanol–water partition coefficient (Wildman–Crippen LogP) is 3.58. The number of amides is 2. The van der Waals surface area contributed by atoms with Crippen LogP contribution in [0.4, 0.5) is 5.69 Å². The first-order valence-electron chi connectivity index (χ1n) is 9.68. The van der Waals surface area contributed by atoms with Crippen LogP contribution in [0.15, 0.2) is 48.5 Å². The number of ether oxygens (including phenoxy) is 1. The predicted molar refractivity (Wildman–Crippen MR) is 112 cm³/mol. The molecule has 0 bridgehead atoms. The lowest BCUT2D eigenvalue weighted by atomic mass is 10.0. The molecule has 0 aliphatic carbocycles. The van der Waals surface area contributed by atoms with E-state index >= 15 is 0 Å². The molecule has 6 nitrogen and oxygen atoms in total. The van der Waals surface area contributed by atoms with Crippen molar-refractivity contribution in [3.8, 4) is 0 Å². The largest absolute Gasteiger partial charge is 0.378 e. The van der Waals surface area contributed by atoms with Gasteiger partial charge in [-0.2, -0.15) is 0 Å². The van der Waals surface area contributed by atoms with Crippen molar-refractivity contribution in [1.82, 2.24) is 9.88 Å². The van der Waals surface area contributed by atoms with E-state index < -0.39 is 0 Å². The fraction of sp³-hybridized carbons (Fsp3) is 0.261. The number of aromatic nitrogens is 1. The second-order valence-corrected chi connectivity index (χ2v) is 7.24. The summed E-state index contributed by atoms with van der Waals surface area (Å²) in [5.41, 5.74) is 4.13. The lowest BCUT2D eigenvalue weighted by molar-refractivity contribution is 0.0303. The summed E-state index contributed by atoms with van der Waals surface area (Å²) in [7, 11) is 0. The van der Waals surface area contributed by atoms with Gasteiger partial charge in [0.1, 0.15) is 0 Å². The maximum Gasteiger partial charge on any atom is 0.256 e. The van der Waals surface area contributed by atoms with Crippen molar-refractivity contribution in [1.29, 1.82) is 0 Å². The zero-order valence-corrected chi connectivity index (χ0v) is 16.6. The molecule has 6 heteroatoms. The van der Waals surface area contributed by atoms with Crippen molar-refractivity contribution in [2.75, 3.05) is 31.6 Å². The molecule has 2 heterocycles. The van der Waals surface area contributed by atoms with Gasteiger partial charge in [-0.1, -0.05) is 23.8 Å². The molecule has 1 saturated heterocycles. The van der Waals surface area contributed by atoms with Crippen molar-refractivity contribution in [3.63, 3.8) is 0 Å². The Labute approximate surface area is 169 Å². The van der Waals surface area contributed by atoms with E-state index in [-0.39, 0.29) is 11.8 Å². The molecule has 4 rings (SSSR count). The van der Waals surface area contributed by atoms with Crippen LogP contribution in [0.1, 0.15) is 32.0 Å². The third-order valence-corrected chi connectivity index (χ3v) is 5.04. The first-order chi connectivity index (χ1) is 14.0. The van der Waals surface area contributed by atoms with Crippen LogP contribution < -0.4 is 5.32 Å². The number of carbonyl (C=O) groups excluding carboxylic acids is 2. The molecule has 0 spiro atoms. The molecule has 0 radical (unpaired) electrons. The second-order valence-electron chi connectivity index (χ2n) is 7.24.